The van der Waals surface area contributed by atoms with Gasteiger partial charge >= 0.3 is 0 Å². The standard InChI is InChI=1S/C18H16N2O2S/c1-13(21)14-7-9-17(10-8-14)22-11-16-12-23-18(20-16)19-15-5-3-2-4-6-15/h2-10,12H,11H2,1H3,(H,19,20). The number of anilines is 2. The molecule has 0 atom stereocenters. The van der Waals surface area contributed by atoms with Gasteiger partial charge in [0.1, 0.15) is 12.4 Å². The molecule has 0 spiro atoms. The van der Waals surface area contributed by atoms with Gasteiger partial charge in [-0.25, -0.2) is 4.98 Å². The molecule has 0 radical (unpaired) electrons. The molecule has 3 aromatic rings. The molecule has 5 heteroatoms. The zero-order valence-electron chi connectivity index (χ0n) is 12.7. The Hall–Kier alpha value is -2.66. The van der Waals surface area contributed by atoms with Crippen LogP contribution in [0.5, 0.6) is 5.75 Å². The molecule has 1 heterocycles. The number of thiazole rings is 1. The van der Waals surface area contributed by atoms with E-state index in [1.54, 1.807) is 31.2 Å². The van der Waals surface area contributed by atoms with Crippen molar-refractivity contribution >= 4 is 27.9 Å². The summed E-state index contributed by atoms with van der Waals surface area (Å²) in [5.74, 6) is 0.772. The van der Waals surface area contributed by atoms with E-state index < -0.39 is 0 Å². The summed E-state index contributed by atoms with van der Waals surface area (Å²) < 4.78 is 5.70. The summed E-state index contributed by atoms with van der Waals surface area (Å²) in [6, 6.07) is 17.0. The number of nitrogens with zero attached hydrogens (tertiary/aromatic N) is 1. The van der Waals surface area contributed by atoms with E-state index in [9.17, 15) is 4.79 Å². The number of para-hydroxylation sites is 1. The van der Waals surface area contributed by atoms with Crippen molar-refractivity contribution in [1.82, 2.24) is 4.98 Å². The zero-order valence-corrected chi connectivity index (χ0v) is 13.5. The van der Waals surface area contributed by atoms with Crippen molar-refractivity contribution in [2.45, 2.75) is 13.5 Å². The maximum Gasteiger partial charge on any atom is 0.187 e. The van der Waals surface area contributed by atoms with E-state index in [4.69, 9.17) is 4.74 Å². The average molecular weight is 324 g/mol. The van der Waals surface area contributed by atoms with Gasteiger partial charge in [-0.2, -0.15) is 0 Å². The van der Waals surface area contributed by atoms with Crippen molar-refractivity contribution in [1.29, 1.82) is 0 Å². The number of aromatic nitrogens is 1. The van der Waals surface area contributed by atoms with Gasteiger partial charge in [0.15, 0.2) is 10.9 Å². The van der Waals surface area contributed by atoms with E-state index >= 15 is 0 Å². The Morgan fingerprint density at radius 3 is 2.57 bits per heavy atom. The monoisotopic (exact) mass is 324 g/mol. The second kappa shape index (κ2) is 7.07. The third-order valence-corrected chi connectivity index (χ3v) is 4.03. The highest BCUT2D eigenvalue weighted by molar-refractivity contribution is 7.13. The van der Waals surface area contributed by atoms with Crippen molar-refractivity contribution in [2.75, 3.05) is 5.32 Å². The summed E-state index contributed by atoms with van der Waals surface area (Å²) in [7, 11) is 0. The summed E-state index contributed by atoms with van der Waals surface area (Å²) in [5, 5.41) is 6.06. The molecule has 0 saturated carbocycles. The Bertz CT molecular complexity index is 782. The molecule has 1 N–H and O–H groups in total. The molecule has 0 fully saturated rings. The second-order valence-corrected chi connectivity index (χ2v) is 5.86. The van der Waals surface area contributed by atoms with E-state index in [1.165, 1.54) is 11.3 Å². The molecule has 0 unspecified atom stereocenters. The molecule has 0 bridgehead atoms. The number of carbonyl (C=O) groups is 1. The van der Waals surface area contributed by atoms with Crippen LogP contribution in [0.25, 0.3) is 0 Å². The number of ketones is 1. The lowest BCUT2D eigenvalue weighted by molar-refractivity contribution is 0.101. The molecule has 23 heavy (non-hydrogen) atoms. The minimum Gasteiger partial charge on any atom is -0.487 e. The Balaban J connectivity index is 1.57. The summed E-state index contributed by atoms with van der Waals surface area (Å²) in [4.78, 5) is 15.7. The van der Waals surface area contributed by atoms with Crippen LogP contribution in [-0.4, -0.2) is 10.8 Å². The molecule has 0 aliphatic heterocycles. The first kappa shape index (κ1) is 15.2. The first-order chi connectivity index (χ1) is 11.2. The first-order valence-electron chi connectivity index (χ1n) is 7.21. The largest absolute Gasteiger partial charge is 0.487 e. The fourth-order valence-electron chi connectivity index (χ4n) is 2.02. The molecule has 2 aromatic carbocycles. The van der Waals surface area contributed by atoms with Crippen molar-refractivity contribution in [3.63, 3.8) is 0 Å². The predicted molar refractivity (Wildman–Crippen MR) is 92.6 cm³/mol. The molecule has 0 aliphatic carbocycles. The van der Waals surface area contributed by atoms with E-state index in [0.29, 0.717) is 12.2 Å². The minimum atomic E-state index is 0.0488. The third kappa shape index (κ3) is 4.17. The molecule has 0 aliphatic rings. The van der Waals surface area contributed by atoms with Gasteiger partial charge in [0.25, 0.3) is 0 Å². The lowest BCUT2D eigenvalue weighted by Gasteiger charge is -2.05. The number of carbonyl (C=O) groups excluding carboxylic acids is 1. The van der Waals surface area contributed by atoms with Gasteiger partial charge in [0.05, 0.1) is 5.69 Å². The highest BCUT2D eigenvalue weighted by Crippen LogP contribution is 2.22. The lowest BCUT2D eigenvalue weighted by Crippen LogP contribution is -1.97. The number of hydrogen-bond donors (Lipinski definition) is 1. The van der Waals surface area contributed by atoms with Gasteiger partial charge in [-0.05, 0) is 43.3 Å². The van der Waals surface area contributed by atoms with Gasteiger partial charge in [0, 0.05) is 16.6 Å². The van der Waals surface area contributed by atoms with Gasteiger partial charge in [-0.15, -0.1) is 11.3 Å². The Morgan fingerprint density at radius 2 is 1.87 bits per heavy atom. The quantitative estimate of drug-likeness (QED) is 0.670. The zero-order chi connectivity index (χ0) is 16.1. The fourth-order valence-corrected chi connectivity index (χ4v) is 2.73. The van der Waals surface area contributed by atoms with Gasteiger partial charge in [-0.1, -0.05) is 18.2 Å². The highest BCUT2D eigenvalue weighted by Gasteiger charge is 2.04. The molecule has 1 aromatic heterocycles. The van der Waals surface area contributed by atoms with Crippen molar-refractivity contribution in [3.05, 3.63) is 71.2 Å². The average Bonchev–Trinajstić information content (AvgIpc) is 3.02. The molecular weight excluding hydrogens is 308 g/mol. The first-order valence-corrected chi connectivity index (χ1v) is 8.09. The molecular formula is C18H16N2O2S. The number of Topliss-reactive ketones (excluding diaryl/α,β-unsaturated/α-hetero) is 1. The summed E-state index contributed by atoms with van der Waals surface area (Å²) in [5.41, 5.74) is 2.55. The molecule has 0 amide bonds. The maximum absolute atomic E-state index is 11.2. The van der Waals surface area contributed by atoms with E-state index in [0.717, 1.165) is 22.3 Å². The van der Waals surface area contributed by atoms with Crippen LogP contribution in [0.3, 0.4) is 0 Å². The number of hydrogen-bond acceptors (Lipinski definition) is 5. The van der Waals surface area contributed by atoms with Crippen LogP contribution in [0, 0.1) is 0 Å². The summed E-state index contributed by atoms with van der Waals surface area (Å²) >= 11 is 1.54. The van der Waals surface area contributed by atoms with Crippen LogP contribution in [-0.2, 0) is 6.61 Å². The van der Waals surface area contributed by atoms with Crippen molar-refractivity contribution < 1.29 is 9.53 Å². The maximum atomic E-state index is 11.2. The number of benzene rings is 2. The summed E-state index contributed by atoms with van der Waals surface area (Å²) in [6.07, 6.45) is 0. The van der Waals surface area contributed by atoms with Gasteiger partial charge in [0.2, 0.25) is 0 Å². The van der Waals surface area contributed by atoms with Crippen LogP contribution >= 0.6 is 11.3 Å². The third-order valence-electron chi connectivity index (χ3n) is 3.22. The Labute approximate surface area is 138 Å². The Kier molecular flexibility index (Phi) is 4.68. The van der Waals surface area contributed by atoms with Crippen LogP contribution in [0.4, 0.5) is 10.8 Å². The molecule has 4 nitrogen and oxygen atoms in total. The smallest absolute Gasteiger partial charge is 0.187 e. The van der Waals surface area contributed by atoms with Crippen molar-refractivity contribution in [3.8, 4) is 5.75 Å². The lowest BCUT2D eigenvalue weighted by atomic mass is 10.1. The van der Waals surface area contributed by atoms with Gasteiger partial charge in [-0.3, -0.25) is 4.79 Å². The van der Waals surface area contributed by atoms with Crippen LogP contribution in [0.2, 0.25) is 0 Å². The topological polar surface area (TPSA) is 51.2 Å². The van der Waals surface area contributed by atoms with E-state index in [1.807, 2.05) is 35.7 Å². The SMILES string of the molecule is CC(=O)c1ccc(OCc2csc(Nc3ccccc3)n2)cc1. The van der Waals surface area contributed by atoms with E-state index in [-0.39, 0.29) is 5.78 Å². The normalized spacial score (nSPS) is 10.3. The fraction of sp³-hybridized carbons (Fsp3) is 0.111. The highest BCUT2D eigenvalue weighted by atomic mass is 32.1. The Morgan fingerprint density at radius 1 is 1.13 bits per heavy atom. The van der Waals surface area contributed by atoms with Gasteiger partial charge < -0.3 is 10.1 Å². The molecule has 0 saturated heterocycles. The second-order valence-electron chi connectivity index (χ2n) is 5.00. The minimum absolute atomic E-state index is 0.0488. The molecule has 3 rings (SSSR count). The summed E-state index contributed by atoms with van der Waals surface area (Å²) in [6.45, 7) is 1.94. The number of ether oxygens (including phenoxy) is 1. The van der Waals surface area contributed by atoms with Crippen LogP contribution in [0.15, 0.2) is 60.0 Å². The molecule has 116 valence electrons. The number of rotatable bonds is 6. The predicted octanol–water partition coefficient (Wildman–Crippen LogP) is 4.67. The number of nitrogens with one attached hydrogen (secondary N) is 1. The van der Waals surface area contributed by atoms with Crippen molar-refractivity contribution in [2.24, 2.45) is 0 Å². The van der Waals surface area contributed by atoms with Crippen LogP contribution < -0.4 is 10.1 Å². The van der Waals surface area contributed by atoms with Crippen LogP contribution in [0.1, 0.15) is 23.0 Å². The van der Waals surface area contributed by atoms with E-state index in [2.05, 4.69) is 10.3 Å².